The van der Waals surface area contributed by atoms with Crippen LogP contribution in [0.25, 0.3) is 6.08 Å². The number of nitrogens with zero attached hydrogens (tertiary/aromatic N) is 1. The third kappa shape index (κ3) is 4.56. The van der Waals surface area contributed by atoms with E-state index >= 15 is 0 Å². The molecule has 1 aromatic rings. The van der Waals surface area contributed by atoms with Crippen LogP contribution in [0.5, 0.6) is 11.5 Å². The second-order valence-electron chi connectivity index (χ2n) is 4.97. The average molecular weight is 348 g/mol. The number of fused-ring (bicyclic) bond motifs is 1. The van der Waals surface area contributed by atoms with Crippen molar-refractivity contribution >= 4 is 23.6 Å². The van der Waals surface area contributed by atoms with Crippen LogP contribution >= 0.6 is 0 Å². The minimum atomic E-state index is -1.01. The molecular weight excluding hydrogens is 332 g/mol. The van der Waals surface area contributed by atoms with E-state index in [-0.39, 0.29) is 30.3 Å². The Kier molecular flexibility index (Phi) is 5.72. The summed E-state index contributed by atoms with van der Waals surface area (Å²) >= 11 is 0. The highest BCUT2D eigenvalue weighted by Gasteiger charge is 2.22. The largest absolute Gasteiger partial charge is 0.454 e. The summed E-state index contributed by atoms with van der Waals surface area (Å²) in [5, 5.41) is 13.6. The topological polar surface area (TPSA) is 117 Å². The highest BCUT2D eigenvalue weighted by Crippen LogP contribution is 2.38. The van der Waals surface area contributed by atoms with Gasteiger partial charge in [0.25, 0.3) is 11.6 Å². The van der Waals surface area contributed by atoms with Gasteiger partial charge in [-0.1, -0.05) is 6.08 Å². The summed E-state index contributed by atoms with van der Waals surface area (Å²) in [4.78, 5) is 33.9. The molecule has 9 heteroatoms. The van der Waals surface area contributed by atoms with Crippen LogP contribution in [0.1, 0.15) is 12.5 Å². The maximum Gasteiger partial charge on any atom is 0.331 e. The Morgan fingerprint density at radius 1 is 1.44 bits per heavy atom. The predicted octanol–water partition coefficient (Wildman–Crippen LogP) is 1.57. The van der Waals surface area contributed by atoms with Crippen molar-refractivity contribution in [2.24, 2.45) is 0 Å². The molecule has 1 N–H and O–H groups in total. The minimum Gasteiger partial charge on any atom is -0.454 e. The number of carbonyl (C=O) groups is 2. The van der Waals surface area contributed by atoms with Gasteiger partial charge in [0.1, 0.15) is 0 Å². The SMILES string of the molecule is C=CCNC(=O)[C@H](C)OC(=O)/C=C/c1cc2c(cc1[N+](=O)[O-])OCO2. The van der Waals surface area contributed by atoms with Crippen molar-refractivity contribution in [2.45, 2.75) is 13.0 Å². The maximum absolute atomic E-state index is 11.8. The number of carbonyl (C=O) groups excluding carboxylic acids is 2. The van der Waals surface area contributed by atoms with Crippen LogP contribution in [-0.4, -0.2) is 36.2 Å². The lowest BCUT2D eigenvalue weighted by Crippen LogP contribution is -2.35. The molecule has 132 valence electrons. The highest BCUT2D eigenvalue weighted by atomic mass is 16.7. The first-order valence-corrected chi connectivity index (χ1v) is 7.27. The number of nitro groups is 1. The molecule has 0 unspecified atom stereocenters. The number of hydrogen-bond acceptors (Lipinski definition) is 7. The molecular formula is C16H16N2O7. The van der Waals surface area contributed by atoms with Crippen LogP contribution in [0.2, 0.25) is 0 Å². The van der Waals surface area contributed by atoms with Crippen LogP contribution in [0, 0.1) is 10.1 Å². The number of ether oxygens (including phenoxy) is 3. The number of rotatable bonds is 7. The van der Waals surface area contributed by atoms with Gasteiger partial charge in [-0.25, -0.2) is 4.79 Å². The number of benzene rings is 1. The Bertz CT molecular complexity index is 742. The van der Waals surface area contributed by atoms with Crippen LogP contribution in [0.15, 0.2) is 30.9 Å². The number of esters is 1. The molecule has 0 saturated carbocycles. The molecule has 0 bridgehead atoms. The summed E-state index contributed by atoms with van der Waals surface area (Å²) in [6.45, 7) is 5.09. The summed E-state index contributed by atoms with van der Waals surface area (Å²) in [5.74, 6) is -0.682. The summed E-state index contributed by atoms with van der Waals surface area (Å²) in [6.07, 6.45) is 2.70. The fraction of sp³-hybridized carbons (Fsp3) is 0.250. The van der Waals surface area contributed by atoms with Crippen molar-refractivity contribution in [3.05, 3.63) is 46.5 Å². The molecule has 0 aromatic heterocycles. The molecule has 0 radical (unpaired) electrons. The Morgan fingerprint density at radius 3 is 2.76 bits per heavy atom. The maximum atomic E-state index is 11.8. The van der Waals surface area contributed by atoms with Crippen LogP contribution in [-0.2, 0) is 14.3 Å². The second-order valence-corrected chi connectivity index (χ2v) is 4.97. The monoisotopic (exact) mass is 348 g/mol. The van der Waals surface area contributed by atoms with Crippen LogP contribution < -0.4 is 14.8 Å². The standard InChI is InChI=1S/C16H16N2O7/c1-3-6-17-16(20)10(2)25-15(19)5-4-11-7-13-14(24-9-23-13)8-12(11)18(21)22/h3-5,7-8,10H,1,6,9H2,2H3,(H,17,20)/b5-4+/t10-/m0/s1. The van der Waals surface area contributed by atoms with Crippen molar-refractivity contribution < 1.29 is 28.7 Å². The van der Waals surface area contributed by atoms with E-state index in [0.29, 0.717) is 5.75 Å². The fourth-order valence-corrected chi connectivity index (χ4v) is 1.98. The molecule has 2 rings (SSSR count). The molecule has 0 saturated heterocycles. The Labute approximate surface area is 143 Å². The molecule has 1 heterocycles. The van der Waals surface area contributed by atoms with E-state index in [1.807, 2.05) is 0 Å². The number of nitro benzene ring substituents is 1. The lowest BCUT2D eigenvalue weighted by atomic mass is 10.1. The Hall–Kier alpha value is -3.36. The van der Waals surface area contributed by atoms with Crippen molar-refractivity contribution in [3.8, 4) is 11.5 Å². The van der Waals surface area contributed by atoms with Gasteiger partial charge in [0, 0.05) is 12.6 Å². The molecule has 1 amide bonds. The molecule has 1 atom stereocenters. The molecule has 25 heavy (non-hydrogen) atoms. The molecule has 1 aliphatic rings. The van der Waals surface area contributed by atoms with E-state index in [2.05, 4.69) is 11.9 Å². The predicted molar refractivity (Wildman–Crippen MR) is 87.0 cm³/mol. The van der Waals surface area contributed by atoms with Gasteiger partial charge >= 0.3 is 5.97 Å². The smallest absolute Gasteiger partial charge is 0.331 e. The third-order valence-corrected chi connectivity index (χ3v) is 3.20. The second kappa shape index (κ2) is 7.95. The molecule has 1 aliphatic heterocycles. The first-order chi connectivity index (χ1) is 11.9. The summed E-state index contributed by atoms with van der Waals surface area (Å²) in [5.41, 5.74) is -0.0972. The first-order valence-electron chi connectivity index (χ1n) is 7.27. The van der Waals surface area contributed by atoms with Gasteiger partial charge in [0.2, 0.25) is 6.79 Å². The Balaban J connectivity index is 2.08. The van der Waals surface area contributed by atoms with E-state index in [1.54, 1.807) is 0 Å². The quantitative estimate of drug-likeness (QED) is 0.261. The molecule has 0 aliphatic carbocycles. The third-order valence-electron chi connectivity index (χ3n) is 3.20. The zero-order valence-electron chi connectivity index (χ0n) is 13.4. The van der Waals surface area contributed by atoms with Crippen molar-refractivity contribution in [1.29, 1.82) is 0 Å². The van der Waals surface area contributed by atoms with E-state index in [9.17, 15) is 19.7 Å². The van der Waals surface area contributed by atoms with Gasteiger partial charge in [0.15, 0.2) is 17.6 Å². The van der Waals surface area contributed by atoms with Crippen molar-refractivity contribution in [1.82, 2.24) is 5.32 Å². The molecule has 0 spiro atoms. The van der Waals surface area contributed by atoms with Gasteiger partial charge in [-0.3, -0.25) is 14.9 Å². The molecule has 1 aromatic carbocycles. The molecule has 9 nitrogen and oxygen atoms in total. The summed E-state index contributed by atoms with van der Waals surface area (Å²) < 4.78 is 15.2. The van der Waals surface area contributed by atoms with E-state index in [1.165, 1.54) is 31.2 Å². The fourth-order valence-electron chi connectivity index (χ4n) is 1.98. The lowest BCUT2D eigenvalue weighted by molar-refractivity contribution is -0.385. The van der Waals surface area contributed by atoms with Gasteiger partial charge in [-0.05, 0) is 19.1 Å². The van der Waals surface area contributed by atoms with Gasteiger partial charge in [0.05, 0.1) is 16.6 Å². The van der Waals surface area contributed by atoms with E-state index < -0.39 is 22.9 Å². The summed E-state index contributed by atoms with van der Waals surface area (Å²) in [7, 11) is 0. The minimum absolute atomic E-state index is 0.0287. The number of amides is 1. The summed E-state index contributed by atoms with van der Waals surface area (Å²) in [6, 6.07) is 2.61. The zero-order valence-corrected chi connectivity index (χ0v) is 13.4. The lowest BCUT2D eigenvalue weighted by Gasteiger charge is -2.11. The zero-order chi connectivity index (χ0) is 18.4. The Morgan fingerprint density at radius 2 is 2.12 bits per heavy atom. The average Bonchev–Trinajstić information content (AvgIpc) is 3.04. The number of hydrogen-bond donors (Lipinski definition) is 1. The first kappa shape index (κ1) is 18.0. The van der Waals surface area contributed by atoms with Crippen molar-refractivity contribution in [2.75, 3.05) is 13.3 Å². The van der Waals surface area contributed by atoms with Crippen LogP contribution in [0.4, 0.5) is 5.69 Å². The van der Waals surface area contributed by atoms with Crippen molar-refractivity contribution in [3.63, 3.8) is 0 Å². The van der Waals surface area contributed by atoms with Gasteiger partial charge < -0.3 is 19.5 Å². The van der Waals surface area contributed by atoms with Gasteiger partial charge in [-0.15, -0.1) is 6.58 Å². The number of nitrogens with one attached hydrogen (secondary N) is 1. The van der Waals surface area contributed by atoms with E-state index in [0.717, 1.165) is 6.08 Å². The van der Waals surface area contributed by atoms with E-state index in [4.69, 9.17) is 14.2 Å². The normalized spacial score (nSPS) is 13.3. The van der Waals surface area contributed by atoms with Gasteiger partial charge in [-0.2, -0.15) is 0 Å². The van der Waals surface area contributed by atoms with Crippen LogP contribution in [0.3, 0.4) is 0 Å². The molecule has 0 fully saturated rings. The highest BCUT2D eigenvalue weighted by molar-refractivity contribution is 5.91.